The van der Waals surface area contributed by atoms with Gasteiger partial charge in [0.2, 0.25) is 0 Å². The molecule has 0 radical (unpaired) electrons. The van der Waals surface area contributed by atoms with Gasteiger partial charge in [-0.15, -0.1) is 0 Å². The van der Waals surface area contributed by atoms with Crippen LogP contribution in [0.4, 0.5) is 0 Å². The summed E-state index contributed by atoms with van der Waals surface area (Å²) in [5.41, 5.74) is 1.18. The minimum absolute atomic E-state index is 0.625. The van der Waals surface area contributed by atoms with Crippen LogP contribution in [0, 0.1) is 11.3 Å². The van der Waals surface area contributed by atoms with Crippen LogP contribution < -0.4 is 5.32 Å². The van der Waals surface area contributed by atoms with Gasteiger partial charge in [-0.2, -0.15) is 5.26 Å². The summed E-state index contributed by atoms with van der Waals surface area (Å²) in [5.74, 6) is 0. The van der Waals surface area contributed by atoms with Gasteiger partial charge in [0.1, 0.15) is 0 Å². The van der Waals surface area contributed by atoms with E-state index in [1.165, 1.54) is 5.56 Å². The molecule has 1 heterocycles. The van der Waals surface area contributed by atoms with Crippen LogP contribution in [0.25, 0.3) is 0 Å². The van der Waals surface area contributed by atoms with Gasteiger partial charge in [0, 0.05) is 25.4 Å². The van der Waals surface area contributed by atoms with Gasteiger partial charge >= 0.3 is 0 Å². The maximum atomic E-state index is 8.29. The average Bonchev–Trinajstić information content (AvgIpc) is 2.19. The van der Waals surface area contributed by atoms with E-state index < -0.39 is 0 Å². The first-order valence-corrected chi connectivity index (χ1v) is 4.40. The molecule has 0 bridgehead atoms. The molecule has 0 aliphatic heterocycles. The molecule has 1 aromatic rings. The lowest BCUT2D eigenvalue weighted by Crippen LogP contribution is -2.14. The number of hydrogen-bond donors (Lipinski definition) is 1. The number of pyridine rings is 1. The summed E-state index contributed by atoms with van der Waals surface area (Å²) in [7, 11) is 0. The monoisotopic (exact) mass is 175 g/mol. The van der Waals surface area contributed by atoms with Crippen LogP contribution in [-0.2, 0) is 6.54 Å². The highest BCUT2D eigenvalue weighted by atomic mass is 14.8. The van der Waals surface area contributed by atoms with Crippen LogP contribution in [0.15, 0.2) is 24.5 Å². The van der Waals surface area contributed by atoms with Gasteiger partial charge in [-0.1, -0.05) is 6.07 Å². The number of nitrogens with zero attached hydrogens (tertiary/aromatic N) is 2. The Morgan fingerprint density at radius 2 is 2.46 bits per heavy atom. The van der Waals surface area contributed by atoms with Gasteiger partial charge < -0.3 is 5.32 Å². The highest BCUT2D eigenvalue weighted by Crippen LogP contribution is 1.94. The molecule has 1 aromatic heterocycles. The van der Waals surface area contributed by atoms with Gasteiger partial charge in [-0.05, 0) is 24.6 Å². The second-order valence-corrected chi connectivity index (χ2v) is 2.80. The summed E-state index contributed by atoms with van der Waals surface area (Å²) in [4.78, 5) is 4.01. The molecule has 13 heavy (non-hydrogen) atoms. The maximum absolute atomic E-state index is 8.29. The largest absolute Gasteiger partial charge is 0.313 e. The van der Waals surface area contributed by atoms with E-state index in [4.69, 9.17) is 5.26 Å². The molecule has 0 spiro atoms. The van der Waals surface area contributed by atoms with E-state index >= 15 is 0 Å². The van der Waals surface area contributed by atoms with Gasteiger partial charge in [0.05, 0.1) is 6.07 Å². The lowest BCUT2D eigenvalue weighted by atomic mass is 10.3. The van der Waals surface area contributed by atoms with Crippen molar-refractivity contribution in [1.29, 1.82) is 5.26 Å². The number of nitrogens with one attached hydrogen (secondary N) is 1. The van der Waals surface area contributed by atoms with Crippen LogP contribution in [0.2, 0.25) is 0 Å². The Morgan fingerprint density at radius 1 is 1.54 bits per heavy atom. The quantitative estimate of drug-likeness (QED) is 0.689. The molecular weight excluding hydrogens is 162 g/mol. The molecular formula is C10H13N3. The molecule has 0 unspecified atom stereocenters. The van der Waals surface area contributed by atoms with Crippen LogP contribution in [0.5, 0.6) is 0 Å². The standard InChI is InChI=1S/C10H13N3/c11-5-1-2-6-12-8-10-4-3-7-13-9-10/h3-4,7,9,12H,1-2,6,8H2. The zero-order valence-corrected chi connectivity index (χ0v) is 7.53. The van der Waals surface area contributed by atoms with Crippen molar-refractivity contribution in [3.05, 3.63) is 30.1 Å². The summed E-state index contributed by atoms with van der Waals surface area (Å²) in [6, 6.07) is 6.07. The van der Waals surface area contributed by atoms with Crippen molar-refractivity contribution in [3.8, 4) is 6.07 Å². The van der Waals surface area contributed by atoms with Crippen molar-refractivity contribution in [1.82, 2.24) is 10.3 Å². The van der Waals surface area contributed by atoms with E-state index in [-0.39, 0.29) is 0 Å². The van der Waals surface area contributed by atoms with Gasteiger partial charge in [-0.3, -0.25) is 4.98 Å². The van der Waals surface area contributed by atoms with Crippen LogP contribution in [0.3, 0.4) is 0 Å². The third kappa shape index (κ3) is 4.24. The first-order chi connectivity index (χ1) is 6.43. The SMILES string of the molecule is N#CCCCNCc1cccnc1. The Labute approximate surface area is 78.4 Å². The minimum Gasteiger partial charge on any atom is -0.313 e. The van der Waals surface area contributed by atoms with Gasteiger partial charge in [0.25, 0.3) is 0 Å². The second-order valence-electron chi connectivity index (χ2n) is 2.80. The number of aromatic nitrogens is 1. The van der Waals surface area contributed by atoms with Crippen LogP contribution in [-0.4, -0.2) is 11.5 Å². The minimum atomic E-state index is 0.625. The first-order valence-electron chi connectivity index (χ1n) is 4.40. The number of rotatable bonds is 5. The topological polar surface area (TPSA) is 48.7 Å². The first kappa shape index (κ1) is 9.69. The number of unbranched alkanes of at least 4 members (excludes halogenated alkanes) is 1. The molecule has 0 aromatic carbocycles. The summed E-state index contributed by atoms with van der Waals surface area (Å²) >= 11 is 0. The van der Waals surface area contributed by atoms with Crippen molar-refractivity contribution < 1.29 is 0 Å². The van der Waals surface area contributed by atoms with E-state index in [1.807, 2.05) is 18.3 Å². The van der Waals surface area contributed by atoms with Crippen LogP contribution >= 0.6 is 0 Å². The predicted molar refractivity (Wildman–Crippen MR) is 50.8 cm³/mol. The molecule has 0 atom stereocenters. The van der Waals surface area contributed by atoms with Crippen molar-refractivity contribution in [2.45, 2.75) is 19.4 Å². The molecule has 0 saturated carbocycles. The van der Waals surface area contributed by atoms with E-state index in [1.54, 1.807) is 6.20 Å². The van der Waals surface area contributed by atoms with Crippen molar-refractivity contribution in [3.63, 3.8) is 0 Å². The Morgan fingerprint density at radius 3 is 3.15 bits per heavy atom. The van der Waals surface area contributed by atoms with E-state index in [9.17, 15) is 0 Å². The Balaban J connectivity index is 2.11. The molecule has 0 aliphatic carbocycles. The molecule has 1 rings (SSSR count). The average molecular weight is 175 g/mol. The van der Waals surface area contributed by atoms with Crippen molar-refractivity contribution in [2.24, 2.45) is 0 Å². The van der Waals surface area contributed by atoms with E-state index in [2.05, 4.69) is 16.4 Å². The molecule has 3 heteroatoms. The molecule has 0 fully saturated rings. The zero-order valence-electron chi connectivity index (χ0n) is 7.53. The molecule has 1 N–H and O–H groups in total. The third-order valence-corrected chi connectivity index (χ3v) is 1.69. The molecule has 68 valence electrons. The summed E-state index contributed by atoms with van der Waals surface area (Å²) < 4.78 is 0. The molecule has 0 amide bonds. The lowest BCUT2D eigenvalue weighted by molar-refractivity contribution is 0.656. The van der Waals surface area contributed by atoms with Crippen molar-refractivity contribution >= 4 is 0 Å². The molecule has 0 aliphatic rings. The smallest absolute Gasteiger partial charge is 0.0622 e. The second kappa shape index (κ2) is 6.15. The highest BCUT2D eigenvalue weighted by Gasteiger charge is 1.90. The van der Waals surface area contributed by atoms with Gasteiger partial charge in [-0.25, -0.2) is 0 Å². The fraction of sp³-hybridized carbons (Fsp3) is 0.400. The number of nitriles is 1. The fourth-order valence-electron chi connectivity index (χ4n) is 1.03. The third-order valence-electron chi connectivity index (χ3n) is 1.69. The highest BCUT2D eigenvalue weighted by molar-refractivity contribution is 5.07. The normalized spacial score (nSPS) is 9.46. The number of hydrogen-bond acceptors (Lipinski definition) is 3. The Hall–Kier alpha value is -1.40. The lowest BCUT2D eigenvalue weighted by Gasteiger charge is -2.01. The van der Waals surface area contributed by atoms with Gasteiger partial charge in [0.15, 0.2) is 0 Å². The molecule has 3 nitrogen and oxygen atoms in total. The Bertz CT molecular complexity index is 263. The Kier molecular flexibility index (Phi) is 4.58. The predicted octanol–water partition coefficient (Wildman–Crippen LogP) is 1.47. The molecule has 0 saturated heterocycles. The van der Waals surface area contributed by atoms with E-state index in [0.29, 0.717) is 6.42 Å². The summed E-state index contributed by atoms with van der Waals surface area (Å²) in [6.07, 6.45) is 5.15. The maximum Gasteiger partial charge on any atom is 0.0622 e. The van der Waals surface area contributed by atoms with E-state index in [0.717, 1.165) is 19.5 Å². The summed E-state index contributed by atoms with van der Waals surface area (Å²) in [5, 5.41) is 11.5. The fourth-order valence-corrected chi connectivity index (χ4v) is 1.03. The van der Waals surface area contributed by atoms with Crippen LogP contribution in [0.1, 0.15) is 18.4 Å². The zero-order chi connectivity index (χ0) is 9.36. The summed E-state index contributed by atoms with van der Waals surface area (Å²) in [6.45, 7) is 1.72. The van der Waals surface area contributed by atoms with Crippen molar-refractivity contribution in [2.75, 3.05) is 6.54 Å².